The molecule has 13 heavy (non-hydrogen) atoms. The quantitative estimate of drug-likeness (QED) is 0.611. The summed E-state index contributed by atoms with van der Waals surface area (Å²) < 4.78 is 0. The van der Waals surface area contributed by atoms with Crippen molar-refractivity contribution in [3.8, 4) is 0 Å². The summed E-state index contributed by atoms with van der Waals surface area (Å²) >= 11 is 0. The Kier molecular flexibility index (Phi) is 3.07. The lowest BCUT2D eigenvalue weighted by molar-refractivity contribution is 0.424. The van der Waals surface area contributed by atoms with Gasteiger partial charge in [-0.25, -0.2) is 0 Å². The van der Waals surface area contributed by atoms with Crippen LogP contribution in [0, 0.1) is 11.3 Å². The van der Waals surface area contributed by atoms with Crippen LogP contribution in [-0.4, -0.2) is 6.21 Å². The van der Waals surface area contributed by atoms with Gasteiger partial charge in [-0.3, -0.25) is 4.99 Å². The van der Waals surface area contributed by atoms with E-state index in [1.54, 1.807) is 0 Å². The van der Waals surface area contributed by atoms with Crippen LogP contribution in [0.15, 0.2) is 28.9 Å². The van der Waals surface area contributed by atoms with Gasteiger partial charge < -0.3 is 0 Å². The fourth-order valence-corrected chi connectivity index (χ4v) is 1.22. The van der Waals surface area contributed by atoms with Crippen molar-refractivity contribution in [3.05, 3.63) is 23.9 Å². The Hall–Kier alpha value is -0.850. The van der Waals surface area contributed by atoms with Crippen LogP contribution in [0.1, 0.15) is 34.1 Å². The molecule has 1 aliphatic rings. The molecule has 0 spiro atoms. The number of hydrogen-bond acceptors (Lipinski definition) is 1. The highest BCUT2D eigenvalue weighted by molar-refractivity contribution is 5.70. The van der Waals surface area contributed by atoms with Crippen LogP contribution < -0.4 is 0 Å². The third-order valence-electron chi connectivity index (χ3n) is 2.90. The fourth-order valence-electron chi connectivity index (χ4n) is 1.22. The second-order valence-electron chi connectivity index (χ2n) is 4.19. The molecule has 72 valence electrons. The lowest BCUT2D eigenvalue weighted by Gasteiger charge is -2.24. The van der Waals surface area contributed by atoms with Gasteiger partial charge in [0.1, 0.15) is 0 Å². The van der Waals surface area contributed by atoms with Gasteiger partial charge in [-0.15, -0.1) is 0 Å². The van der Waals surface area contributed by atoms with Crippen LogP contribution in [0.2, 0.25) is 0 Å². The molecule has 1 aliphatic heterocycles. The molecule has 0 bridgehead atoms. The van der Waals surface area contributed by atoms with Crippen molar-refractivity contribution in [1.82, 2.24) is 0 Å². The summed E-state index contributed by atoms with van der Waals surface area (Å²) in [4.78, 5) is 4.35. The molecule has 1 nitrogen and oxygen atoms in total. The summed E-state index contributed by atoms with van der Waals surface area (Å²) in [6, 6.07) is 0. The zero-order chi connectivity index (χ0) is 9.90. The van der Waals surface area contributed by atoms with Gasteiger partial charge in [0.2, 0.25) is 0 Å². The molecule has 1 heteroatoms. The number of allylic oxidation sites excluding steroid dienone is 3. The molecule has 0 aliphatic carbocycles. The van der Waals surface area contributed by atoms with Crippen LogP contribution in [0.5, 0.6) is 0 Å². The minimum Gasteiger partial charge on any atom is -0.268 e. The van der Waals surface area contributed by atoms with Crippen molar-refractivity contribution in [2.45, 2.75) is 34.1 Å². The summed E-state index contributed by atoms with van der Waals surface area (Å²) in [5.41, 5.74) is 1.42. The van der Waals surface area contributed by atoms with Crippen molar-refractivity contribution >= 4 is 6.21 Å². The van der Waals surface area contributed by atoms with E-state index in [-0.39, 0.29) is 5.41 Å². The first kappa shape index (κ1) is 10.2. The zero-order valence-electron chi connectivity index (χ0n) is 9.04. The van der Waals surface area contributed by atoms with Gasteiger partial charge in [0, 0.05) is 17.8 Å². The normalized spacial score (nSPS) is 27.6. The maximum atomic E-state index is 4.35. The van der Waals surface area contributed by atoms with Gasteiger partial charge in [0.15, 0.2) is 0 Å². The van der Waals surface area contributed by atoms with Crippen LogP contribution in [0.3, 0.4) is 0 Å². The van der Waals surface area contributed by atoms with Crippen molar-refractivity contribution in [3.63, 3.8) is 0 Å². The van der Waals surface area contributed by atoms with Gasteiger partial charge in [-0.1, -0.05) is 39.8 Å². The Morgan fingerprint density at radius 3 is 2.69 bits per heavy atom. The number of aliphatic imine (C=N–C) groups is 1. The first-order chi connectivity index (χ1) is 6.08. The largest absolute Gasteiger partial charge is 0.268 e. The average Bonchev–Trinajstić information content (AvgIpc) is 2.28. The molecular formula is C12H19N. The molecule has 0 fully saturated rings. The average molecular weight is 177 g/mol. The van der Waals surface area contributed by atoms with Crippen LogP contribution >= 0.6 is 0 Å². The highest BCUT2D eigenvalue weighted by Gasteiger charge is 2.23. The lowest BCUT2D eigenvalue weighted by atomic mass is 9.80. The monoisotopic (exact) mass is 177 g/mol. The van der Waals surface area contributed by atoms with Crippen LogP contribution in [0.4, 0.5) is 0 Å². The standard InChI is InChI=1S/C12H19N/c1-5-11-6-7-12(4,10(2)3)9-13-8-11/h6-10H,5H2,1-4H3. The van der Waals surface area contributed by atoms with Crippen molar-refractivity contribution in [2.75, 3.05) is 0 Å². The maximum Gasteiger partial charge on any atom is 0.0296 e. The Morgan fingerprint density at radius 2 is 2.15 bits per heavy atom. The summed E-state index contributed by atoms with van der Waals surface area (Å²) in [7, 11) is 0. The highest BCUT2D eigenvalue weighted by Crippen LogP contribution is 2.28. The van der Waals surface area contributed by atoms with E-state index < -0.39 is 0 Å². The molecule has 0 aromatic carbocycles. The topological polar surface area (TPSA) is 12.4 Å². The van der Waals surface area contributed by atoms with E-state index in [0.29, 0.717) is 5.92 Å². The van der Waals surface area contributed by atoms with E-state index in [4.69, 9.17) is 0 Å². The van der Waals surface area contributed by atoms with Gasteiger partial charge in [0.05, 0.1) is 0 Å². The summed E-state index contributed by atoms with van der Waals surface area (Å²) in [6.07, 6.45) is 9.54. The Morgan fingerprint density at radius 1 is 1.46 bits per heavy atom. The van der Waals surface area contributed by atoms with Crippen LogP contribution in [0.25, 0.3) is 0 Å². The summed E-state index contributed by atoms with van der Waals surface area (Å²) in [5, 5.41) is 0. The zero-order valence-corrected chi connectivity index (χ0v) is 9.04. The molecule has 0 aromatic rings. The molecule has 1 atom stereocenters. The SMILES string of the molecule is CCC1=CN=CC(C)(C(C)C)C=C1. The molecular weight excluding hydrogens is 158 g/mol. The lowest BCUT2D eigenvalue weighted by Crippen LogP contribution is -2.21. The highest BCUT2D eigenvalue weighted by atomic mass is 14.7. The smallest absolute Gasteiger partial charge is 0.0296 e. The van der Waals surface area contributed by atoms with Crippen molar-refractivity contribution < 1.29 is 0 Å². The van der Waals surface area contributed by atoms with Gasteiger partial charge in [0.25, 0.3) is 0 Å². The summed E-state index contributed by atoms with van der Waals surface area (Å²) in [6.45, 7) is 8.84. The Balaban J connectivity index is 2.89. The number of nitrogens with zero attached hydrogens (tertiary/aromatic N) is 1. The fraction of sp³-hybridized carbons (Fsp3) is 0.583. The second kappa shape index (κ2) is 3.91. The van der Waals surface area contributed by atoms with E-state index in [1.165, 1.54) is 5.57 Å². The third-order valence-corrected chi connectivity index (χ3v) is 2.90. The van der Waals surface area contributed by atoms with E-state index in [1.807, 2.05) is 6.20 Å². The van der Waals surface area contributed by atoms with Gasteiger partial charge in [-0.2, -0.15) is 0 Å². The van der Waals surface area contributed by atoms with E-state index in [0.717, 1.165) is 6.42 Å². The van der Waals surface area contributed by atoms with Gasteiger partial charge in [-0.05, 0) is 17.9 Å². The van der Waals surface area contributed by atoms with Crippen LogP contribution in [-0.2, 0) is 0 Å². The summed E-state index contributed by atoms with van der Waals surface area (Å²) in [5.74, 6) is 0.595. The van der Waals surface area contributed by atoms with E-state index >= 15 is 0 Å². The molecule has 1 rings (SSSR count). The Bertz CT molecular complexity index is 258. The van der Waals surface area contributed by atoms with E-state index in [9.17, 15) is 0 Å². The molecule has 0 radical (unpaired) electrons. The van der Waals surface area contributed by atoms with Gasteiger partial charge >= 0.3 is 0 Å². The predicted molar refractivity (Wildman–Crippen MR) is 59.0 cm³/mol. The second-order valence-corrected chi connectivity index (χ2v) is 4.19. The molecule has 0 amide bonds. The number of hydrogen-bond donors (Lipinski definition) is 0. The first-order valence-corrected chi connectivity index (χ1v) is 5.01. The predicted octanol–water partition coefficient (Wildman–Crippen LogP) is 3.58. The minimum atomic E-state index is 0.118. The Labute approximate surface area is 81.3 Å². The molecule has 0 saturated carbocycles. The third kappa shape index (κ3) is 2.30. The molecule has 1 heterocycles. The number of rotatable bonds is 2. The first-order valence-electron chi connectivity index (χ1n) is 5.01. The molecule has 0 saturated heterocycles. The molecule has 0 N–H and O–H groups in total. The maximum absolute atomic E-state index is 4.35. The molecule has 1 unspecified atom stereocenters. The minimum absolute atomic E-state index is 0.118. The van der Waals surface area contributed by atoms with E-state index in [2.05, 4.69) is 51.1 Å². The van der Waals surface area contributed by atoms with Crippen molar-refractivity contribution in [2.24, 2.45) is 16.3 Å². The van der Waals surface area contributed by atoms with Crippen molar-refractivity contribution in [1.29, 1.82) is 0 Å². The molecule has 0 aromatic heterocycles.